The van der Waals surface area contributed by atoms with Crippen LogP contribution in [-0.4, -0.2) is 40.2 Å². The summed E-state index contributed by atoms with van der Waals surface area (Å²) < 4.78 is 5.59. The van der Waals surface area contributed by atoms with Crippen LogP contribution >= 0.6 is 0 Å². The Bertz CT molecular complexity index is 808. The summed E-state index contributed by atoms with van der Waals surface area (Å²) in [6.07, 6.45) is 9.01. The van der Waals surface area contributed by atoms with Crippen molar-refractivity contribution in [3.63, 3.8) is 0 Å². The molecule has 2 fully saturated rings. The number of carbonyl (C=O) groups is 1. The molecule has 5 heteroatoms. The van der Waals surface area contributed by atoms with E-state index in [-0.39, 0.29) is 0 Å². The summed E-state index contributed by atoms with van der Waals surface area (Å²) in [7, 11) is 1.67. The summed E-state index contributed by atoms with van der Waals surface area (Å²) in [6.45, 7) is 0.611. The van der Waals surface area contributed by atoms with E-state index < -0.39 is 12.0 Å². The molecule has 2 heterocycles. The zero-order valence-electron chi connectivity index (χ0n) is 15.7. The van der Waals surface area contributed by atoms with E-state index in [0.717, 1.165) is 41.7 Å². The van der Waals surface area contributed by atoms with Gasteiger partial charge in [0.1, 0.15) is 11.8 Å². The molecule has 3 unspecified atom stereocenters. The number of hydrogen-bond donors (Lipinski definition) is 1. The Morgan fingerprint density at radius 1 is 1.19 bits per heavy atom. The summed E-state index contributed by atoms with van der Waals surface area (Å²) >= 11 is 0. The molecule has 1 aliphatic carbocycles. The van der Waals surface area contributed by atoms with Crippen LogP contribution in [0.15, 0.2) is 42.7 Å². The lowest BCUT2D eigenvalue weighted by molar-refractivity contribution is -0.142. The minimum absolute atomic E-state index is 0.370. The van der Waals surface area contributed by atoms with Gasteiger partial charge in [-0.05, 0) is 60.6 Å². The van der Waals surface area contributed by atoms with E-state index in [1.807, 2.05) is 24.3 Å². The van der Waals surface area contributed by atoms with Crippen molar-refractivity contribution in [2.24, 2.45) is 5.92 Å². The third-order valence-electron chi connectivity index (χ3n) is 6.15. The number of carboxylic acid groups (broad SMARTS) is 1. The van der Waals surface area contributed by atoms with Crippen molar-refractivity contribution in [3.8, 4) is 16.9 Å². The molecule has 2 aliphatic rings. The molecule has 1 saturated carbocycles. The number of hydrogen-bond acceptors (Lipinski definition) is 4. The maximum atomic E-state index is 11.9. The Hall–Kier alpha value is -2.40. The van der Waals surface area contributed by atoms with E-state index in [0.29, 0.717) is 18.5 Å². The van der Waals surface area contributed by atoms with Crippen LogP contribution in [0.1, 0.15) is 37.7 Å². The number of carboxylic acids is 1. The first kappa shape index (κ1) is 18.0. The fourth-order valence-corrected chi connectivity index (χ4v) is 4.85. The molecule has 2 aromatic rings. The Morgan fingerprint density at radius 2 is 1.96 bits per heavy atom. The first-order valence-corrected chi connectivity index (χ1v) is 9.73. The number of aromatic nitrogens is 1. The SMILES string of the molecule is COc1ccc(-c2ccncc2)cc1CN1C(C(=O)O)CC2CCCCC21. The Kier molecular flexibility index (Phi) is 5.12. The van der Waals surface area contributed by atoms with Crippen molar-refractivity contribution in [1.82, 2.24) is 9.88 Å². The van der Waals surface area contributed by atoms with E-state index >= 15 is 0 Å². The van der Waals surface area contributed by atoms with Crippen molar-refractivity contribution < 1.29 is 14.6 Å². The number of likely N-dealkylation sites (tertiary alicyclic amines) is 1. The van der Waals surface area contributed by atoms with Gasteiger partial charge < -0.3 is 9.84 Å². The number of pyridine rings is 1. The number of nitrogens with zero attached hydrogens (tertiary/aromatic N) is 2. The summed E-state index contributed by atoms with van der Waals surface area (Å²) in [5.74, 6) is 0.624. The molecular formula is C22H26N2O3. The topological polar surface area (TPSA) is 62.7 Å². The standard InChI is InChI=1S/C22H26N2O3/c1-27-21-7-6-16(15-8-10-23-11-9-15)12-18(21)14-24-19-5-3-2-4-17(19)13-20(24)22(25)26/h6-12,17,19-20H,2-5,13-14H2,1H3,(H,25,26). The number of methoxy groups -OCH3 is 1. The highest BCUT2D eigenvalue weighted by Crippen LogP contribution is 2.41. The lowest BCUT2D eigenvalue weighted by Gasteiger charge is -2.33. The third kappa shape index (κ3) is 3.56. The van der Waals surface area contributed by atoms with Crippen molar-refractivity contribution >= 4 is 5.97 Å². The average Bonchev–Trinajstić information content (AvgIpc) is 3.07. The number of rotatable bonds is 5. The van der Waals surface area contributed by atoms with Gasteiger partial charge in [0.2, 0.25) is 0 Å². The smallest absolute Gasteiger partial charge is 0.320 e. The van der Waals surface area contributed by atoms with E-state index in [2.05, 4.69) is 16.0 Å². The van der Waals surface area contributed by atoms with E-state index in [1.165, 1.54) is 12.8 Å². The van der Waals surface area contributed by atoms with Gasteiger partial charge in [0.15, 0.2) is 0 Å². The molecular weight excluding hydrogens is 340 g/mol. The van der Waals surface area contributed by atoms with Crippen LogP contribution in [0.25, 0.3) is 11.1 Å². The summed E-state index contributed by atoms with van der Waals surface area (Å²) in [5.41, 5.74) is 3.24. The number of benzene rings is 1. The van der Waals surface area contributed by atoms with Gasteiger partial charge in [-0.2, -0.15) is 0 Å². The first-order valence-electron chi connectivity index (χ1n) is 9.73. The van der Waals surface area contributed by atoms with E-state index in [4.69, 9.17) is 4.74 Å². The van der Waals surface area contributed by atoms with Crippen LogP contribution < -0.4 is 4.74 Å². The monoisotopic (exact) mass is 366 g/mol. The fraction of sp³-hybridized carbons (Fsp3) is 0.455. The van der Waals surface area contributed by atoms with Crippen LogP contribution in [0.3, 0.4) is 0 Å². The molecule has 1 N–H and O–H groups in total. The van der Waals surface area contributed by atoms with Crippen molar-refractivity contribution in [2.75, 3.05) is 7.11 Å². The normalized spacial score (nSPS) is 25.1. The minimum atomic E-state index is -0.700. The summed E-state index contributed by atoms with van der Waals surface area (Å²) in [5, 5.41) is 9.79. The highest BCUT2D eigenvalue weighted by atomic mass is 16.5. The molecule has 3 atom stereocenters. The van der Waals surface area contributed by atoms with Crippen LogP contribution in [-0.2, 0) is 11.3 Å². The van der Waals surface area contributed by atoms with Crippen LogP contribution in [0.5, 0.6) is 5.75 Å². The Labute approximate surface area is 160 Å². The molecule has 0 spiro atoms. The maximum Gasteiger partial charge on any atom is 0.320 e. The maximum absolute atomic E-state index is 11.9. The average molecular weight is 366 g/mol. The molecule has 1 aromatic heterocycles. The number of fused-ring (bicyclic) bond motifs is 1. The summed E-state index contributed by atoms with van der Waals surface area (Å²) in [4.78, 5) is 18.2. The van der Waals surface area contributed by atoms with Crippen molar-refractivity contribution in [3.05, 3.63) is 48.3 Å². The predicted octanol–water partition coefficient (Wildman–Crippen LogP) is 3.97. The van der Waals surface area contributed by atoms with Crippen molar-refractivity contribution in [1.29, 1.82) is 0 Å². The zero-order chi connectivity index (χ0) is 18.8. The molecule has 1 aliphatic heterocycles. The molecule has 0 bridgehead atoms. The molecule has 4 rings (SSSR count). The largest absolute Gasteiger partial charge is 0.496 e. The van der Waals surface area contributed by atoms with E-state index in [9.17, 15) is 9.90 Å². The van der Waals surface area contributed by atoms with Gasteiger partial charge in [-0.25, -0.2) is 0 Å². The molecule has 5 nitrogen and oxygen atoms in total. The van der Waals surface area contributed by atoms with Crippen LogP contribution in [0, 0.1) is 5.92 Å². The number of aliphatic carboxylic acids is 1. The van der Waals surface area contributed by atoms with Gasteiger partial charge in [-0.1, -0.05) is 18.9 Å². The second-order valence-corrected chi connectivity index (χ2v) is 7.64. The highest BCUT2D eigenvalue weighted by molar-refractivity contribution is 5.74. The van der Waals surface area contributed by atoms with E-state index in [1.54, 1.807) is 19.5 Å². The van der Waals surface area contributed by atoms with Crippen molar-refractivity contribution in [2.45, 2.75) is 50.7 Å². The second-order valence-electron chi connectivity index (χ2n) is 7.64. The van der Waals surface area contributed by atoms with Crippen LogP contribution in [0.4, 0.5) is 0 Å². The van der Waals surface area contributed by atoms with Gasteiger partial charge in [0, 0.05) is 30.5 Å². The minimum Gasteiger partial charge on any atom is -0.496 e. The lowest BCUT2D eigenvalue weighted by atomic mass is 9.84. The molecule has 0 radical (unpaired) electrons. The lowest BCUT2D eigenvalue weighted by Crippen LogP contribution is -2.41. The van der Waals surface area contributed by atoms with Gasteiger partial charge >= 0.3 is 5.97 Å². The van der Waals surface area contributed by atoms with Crippen LogP contribution in [0.2, 0.25) is 0 Å². The number of ether oxygens (including phenoxy) is 1. The molecule has 142 valence electrons. The van der Waals surface area contributed by atoms with Gasteiger partial charge in [0.05, 0.1) is 7.11 Å². The quantitative estimate of drug-likeness (QED) is 0.867. The zero-order valence-corrected chi connectivity index (χ0v) is 15.7. The van der Waals surface area contributed by atoms with Gasteiger partial charge in [-0.15, -0.1) is 0 Å². The second kappa shape index (κ2) is 7.69. The highest BCUT2D eigenvalue weighted by Gasteiger charge is 2.45. The predicted molar refractivity (Wildman–Crippen MR) is 104 cm³/mol. The molecule has 1 saturated heterocycles. The Morgan fingerprint density at radius 3 is 2.70 bits per heavy atom. The summed E-state index contributed by atoms with van der Waals surface area (Å²) in [6, 6.07) is 10.1. The molecule has 0 amide bonds. The Balaban J connectivity index is 1.66. The fourth-order valence-electron chi connectivity index (χ4n) is 4.85. The third-order valence-corrected chi connectivity index (χ3v) is 6.15. The van der Waals surface area contributed by atoms with Gasteiger partial charge in [0.25, 0.3) is 0 Å². The van der Waals surface area contributed by atoms with Gasteiger partial charge in [-0.3, -0.25) is 14.7 Å². The molecule has 1 aromatic carbocycles. The first-order chi connectivity index (χ1) is 13.2. The molecule has 27 heavy (non-hydrogen) atoms.